The summed E-state index contributed by atoms with van der Waals surface area (Å²) in [6.07, 6.45) is 25.5. The smallest absolute Gasteiger partial charge is 0.313 e. The first-order valence-electron chi connectivity index (χ1n) is 16.3. The molecular formula is C35H55N3O5. The van der Waals surface area contributed by atoms with Crippen LogP contribution in [0.25, 0.3) is 0 Å². The summed E-state index contributed by atoms with van der Waals surface area (Å²) in [5.74, 6) is -1.05. The van der Waals surface area contributed by atoms with Gasteiger partial charge in [-0.05, 0) is 82.0 Å². The number of hydrogen-bond donors (Lipinski definition) is 3. The average Bonchev–Trinajstić information content (AvgIpc) is 3.01. The Morgan fingerprint density at radius 2 is 1.30 bits per heavy atom. The second-order valence-electron chi connectivity index (χ2n) is 11.0. The van der Waals surface area contributed by atoms with Crippen LogP contribution in [0.4, 0.5) is 0 Å². The van der Waals surface area contributed by atoms with E-state index in [1.807, 2.05) is 38.2 Å². The van der Waals surface area contributed by atoms with Gasteiger partial charge in [0.15, 0.2) is 11.5 Å². The molecular weight excluding hydrogens is 542 g/mol. The third-order valence-corrected chi connectivity index (χ3v) is 7.17. The largest absolute Gasteiger partial charge is 0.504 e. The SMILES string of the molecule is C(=NC1CCCCC1)=NC1CCCCC1.CCC=CCCC(=O)OC(=O)CCC=CCC.NCCc1ccc(O)c(O)c1. The van der Waals surface area contributed by atoms with Crippen molar-refractivity contribution in [1.82, 2.24) is 0 Å². The normalized spacial score (nSPS) is 15.5. The molecule has 2 aliphatic rings. The van der Waals surface area contributed by atoms with Gasteiger partial charge in [-0.15, -0.1) is 0 Å². The molecule has 0 bridgehead atoms. The molecule has 2 fully saturated rings. The molecule has 1 aromatic rings. The first-order valence-corrected chi connectivity index (χ1v) is 16.3. The van der Waals surface area contributed by atoms with Gasteiger partial charge in [0, 0.05) is 12.8 Å². The van der Waals surface area contributed by atoms with Gasteiger partial charge in [0.25, 0.3) is 0 Å². The molecule has 0 spiro atoms. The topological polar surface area (TPSA) is 135 Å². The molecule has 3 rings (SSSR count). The highest BCUT2D eigenvalue weighted by molar-refractivity contribution is 5.85. The van der Waals surface area contributed by atoms with E-state index in [0.717, 1.165) is 18.4 Å². The fourth-order valence-electron chi connectivity index (χ4n) is 4.71. The fraction of sp³-hybridized carbons (Fsp3) is 0.629. The van der Waals surface area contributed by atoms with Gasteiger partial charge < -0.3 is 20.7 Å². The van der Waals surface area contributed by atoms with Crippen molar-refractivity contribution in [3.05, 3.63) is 48.1 Å². The maximum absolute atomic E-state index is 11.2. The Hall–Kier alpha value is -3.22. The van der Waals surface area contributed by atoms with E-state index in [-0.39, 0.29) is 24.3 Å². The van der Waals surface area contributed by atoms with Gasteiger partial charge >= 0.3 is 11.9 Å². The number of nitrogens with two attached hydrogens (primary N) is 1. The summed E-state index contributed by atoms with van der Waals surface area (Å²) in [4.78, 5) is 31.3. The number of esters is 2. The van der Waals surface area contributed by atoms with Crippen molar-refractivity contribution < 1.29 is 24.5 Å². The number of rotatable bonds is 12. The van der Waals surface area contributed by atoms with Crippen LogP contribution in [0, 0.1) is 0 Å². The number of phenolic OH excluding ortho intramolecular Hbond substituents is 2. The van der Waals surface area contributed by atoms with Crippen LogP contribution in [0.5, 0.6) is 11.5 Å². The highest BCUT2D eigenvalue weighted by Gasteiger charge is 2.12. The molecule has 8 nitrogen and oxygen atoms in total. The highest BCUT2D eigenvalue weighted by atomic mass is 16.6. The van der Waals surface area contributed by atoms with E-state index in [1.54, 1.807) is 6.07 Å². The lowest BCUT2D eigenvalue weighted by Gasteiger charge is -2.17. The predicted octanol–water partition coefficient (Wildman–Crippen LogP) is 7.97. The van der Waals surface area contributed by atoms with Crippen molar-refractivity contribution in [2.45, 2.75) is 135 Å². The molecule has 8 heteroatoms. The summed E-state index contributed by atoms with van der Waals surface area (Å²) in [6.45, 7) is 4.61. The molecule has 0 heterocycles. The average molecular weight is 598 g/mol. The molecule has 0 unspecified atom stereocenters. The number of carbonyl (C=O) groups excluding carboxylic acids is 2. The van der Waals surface area contributed by atoms with Gasteiger partial charge in [0.2, 0.25) is 0 Å². The number of allylic oxidation sites excluding steroid dienone is 4. The quantitative estimate of drug-likeness (QED) is 0.0735. The number of benzene rings is 1. The minimum atomic E-state index is -0.435. The monoisotopic (exact) mass is 597 g/mol. The van der Waals surface area contributed by atoms with E-state index < -0.39 is 11.9 Å². The summed E-state index contributed by atoms with van der Waals surface area (Å²) < 4.78 is 4.67. The van der Waals surface area contributed by atoms with Gasteiger partial charge in [-0.25, -0.2) is 9.98 Å². The number of hydrogen-bond acceptors (Lipinski definition) is 8. The summed E-state index contributed by atoms with van der Waals surface area (Å²) in [5.41, 5.74) is 6.24. The Kier molecular flexibility index (Phi) is 22.2. The molecule has 0 saturated heterocycles. The van der Waals surface area contributed by atoms with E-state index in [4.69, 9.17) is 15.9 Å². The number of nitrogens with zero attached hydrogens (tertiary/aromatic N) is 2. The van der Waals surface area contributed by atoms with E-state index in [2.05, 4.69) is 20.7 Å². The Morgan fingerprint density at radius 1 is 0.814 bits per heavy atom. The number of aromatic hydroxyl groups is 2. The maximum atomic E-state index is 11.2. The van der Waals surface area contributed by atoms with Crippen molar-refractivity contribution in [2.24, 2.45) is 15.7 Å². The van der Waals surface area contributed by atoms with Gasteiger partial charge in [-0.2, -0.15) is 0 Å². The standard InChI is InChI=1S/C14H22O3.C13H22N2.C8H11NO2/c1-3-5-7-9-11-13(15)17-14(16)12-10-8-6-4-2;1-3-7-12(8-4-1)14-11-15-13-9-5-2-6-10-13;9-4-3-6-1-2-7(10)8(11)5-6/h5-8H,3-4,9-12H2,1-2H3;12-13H,1-10H2;1-2,5,10-11H,3-4,9H2. The molecule has 2 saturated carbocycles. The van der Waals surface area contributed by atoms with Crippen molar-refractivity contribution >= 4 is 17.9 Å². The number of aliphatic imine (C=N–C) groups is 2. The maximum Gasteiger partial charge on any atom is 0.313 e. The first-order chi connectivity index (χ1) is 20.9. The fourth-order valence-corrected chi connectivity index (χ4v) is 4.71. The highest BCUT2D eigenvalue weighted by Crippen LogP contribution is 2.25. The lowest BCUT2D eigenvalue weighted by atomic mass is 9.96. The lowest BCUT2D eigenvalue weighted by Crippen LogP contribution is -2.11. The number of ether oxygens (including phenoxy) is 1. The zero-order chi connectivity index (χ0) is 31.5. The van der Waals surface area contributed by atoms with Crippen molar-refractivity contribution in [2.75, 3.05) is 6.54 Å². The van der Waals surface area contributed by atoms with Crippen LogP contribution in [0.2, 0.25) is 0 Å². The van der Waals surface area contributed by atoms with Gasteiger partial charge in [0.1, 0.15) is 0 Å². The number of phenols is 2. The molecule has 0 radical (unpaired) electrons. The van der Waals surface area contributed by atoms with Crippen LogP contribution in [0.15, 0.2) is 52.5 Å². The summed E-state index contributed by atoms with van der Waals surface area (Å²) in [7, 11) is 0. The van der Waals surface area contributed by atoms with E-state index in [9.17, 15) is 9.59 Å². The van der Waals surface area contributed by atoms with E-state index in [0.29, 0.717) is 37.9 Å². The van der Waals surface area contributed by atoms with Crippen molar-refractivity contribution in [3.8, 4) is 11.5 Å². The van der Waals surface area contributed by atoms with Crippen molar-refractivity contribution in [1.29, 1.82) is 0 Å². The third kappa shape index (κ3) is 20.3. The van der Waals surface area contributed by atoms with Crippen LogP contribution in [-0.2, 0) is 20.7 Å². The molecule has 240 valence electrons. The Labute approximate surface area is 259 Å². The zero-order valence-corrected chi connectivity index (χ0v) is 26.5. The molecule has 0 atom stereocenters. The van der Waals surface area contributed by atoms with E-state index in [1.165, 1.54) is 76.3 Å². The molecule has 0 amide bonds. The van der Waals surface area contributed by atoms with Crippen LogP contribution in [0.1, 0.15) is 122 Å². The summed E-state index contributed by atoms with van der Waals surface area (Å²) in [5, 5.41) is 18.0. The van der Waals surface area contributed by atoms with Crippen LogP contribution in [0.3, 0.4) is 0 Å². The predicted molar refractivity (Wildman–Crippen MR) is 175 cm³/mol. The minimum Gasteiger partial charge on any atom is -0.504 e. The van der Waals surface area contributed by atoms with Crippen molar-refractivity contribution in [3.63, 3.8) is 0 Å². The van der Waals surface area contributed by atoms with Gasteiger partial charge in [-0.3, -0.25) is 9.59 Å². The van der Waals surface area contributed by atoms with Gasteiger partial charge in [0.05, 0.1) is 18.1 Å². The molecule has 1 aromatic carbocycles. The Balaban J connectivity index is 0.000000329. The second-order valence-corrected chi connectivity index (χ2v) is 11.0. The Morgan fingerprint density at radius 3 is 1.72 bits per heavy atom. The summed E-state index contributed by atoms with van der Waals surface area (Å²) in [6, 6.07) is 8.75. The zero-order valence-electron chi connectivity index (χ0n) is 26.5. The van der Waals surface area contributed by atoms with Crippen LogP contribution in [-0.4, -0.2) is 46.8 Å². The van der Waals surface area contributed by atoms with Crippen LogP contribution >= 0.6 is 0 Å². The van der Waals surface area contributed by atoms with Gasteiger partial charge in [-0.1, -0.05) is 82.7 Å². The molecule has 4 N–H and O–H groups in total. The van der Waals surface area contributed by atoms with E-state index >= 15 is 0 Å². The molecule has 0 aliphatic heterocycles. The summed E-state index contributed by atoms with van der Waals surface area (Å²) >= 11 is 0. The second kappa shape index (κ2) is 25.3. The third-order valence-electron chi connectivity index (χ3n) is 7.17. The van der Waals surface area contributed by atoms with Crippen LogP contribution < -0.4 is 5.73 Å². The number of carbonyl (C=O) groups is 2. The lowest BCUT2D eigenvalue weighted by molar-refractivity contribution is -0.159. The Bertz CT molecular complexity index is 968. The molecule has 43 heavy (non-hydrogen) atoms. The minimum absolute atomic E-state index is 0.0871. The first kappa shape index (κ1) is 37.8. The molecule has 0 aromatic heterocycles. The molecule has 2 aliphatic carbocycles.